The van der Waals surface area contributed by atoms with Gasteiger partial charge in [0.25, 0.3) is 0 Å². The van der Waals surface area contributed by atoms with Crippen LogP contribution < -0.4 is 5.32 Å². The number of hydrogen-bond donors (Lipinski definition) is 1. The molecule has 0 aromatic heterocycles. The van der Waals surface area contributed by atoms with E-state index in [1.807, 2.05) is 0 Å². The van der Waals surface area contributed by atoms with E-state index in [2.05, 4.69) is 5.32 Å². The summed E-state index contributed by atoms with van der Waals surface area (Å²) < 4.78 is 50.0. The van der Waals surface area contributed by atoms with Crippen molar-refractivity contribution >= 4 is 0 Å². The van der Waals surface area contributed by atoms with Gasteiger partial charge in [-0.1, -0.05) is 0 Å². The number of nitrogens with one attached hydrogen (secondary N) is 1. The van der Waals surface area contributed by atoms with Crippen LogP contribution in [0.1, 0.15) is 31.4 Å². The second-order valence-corrected chi connectivity index (χ2v) is 5.18. The lowest BCUT2D eigenvalue weighted by molar-refractivity contribution is 0.0414. The van der Waals surface area contributed by atoms with Gasteiger partial charge in [0.05, 0.1) is 12.7 Å². The van der Waals surface area contributed by atoms with Crippen LogP contribution in [0.5, 0.6) is 0 Å². The van der Waals surface area contributed by atoms with E-state index in [-0.39, 0.29) is 12.1 Å². The number of ether oxygens (including phenoxy) is 2. The van der Waals surface area contributed by atoms with Gasteiger partial charge in [-0.15, -0.1) is 0 Å². The molecular weight excluding hydrogens is 283 g/mol. The SMILES string of the molecule is C[C@H](NCCCO[C@@H]1CCOC1)c1cc(F)c(F)c(F)c1. The molecular formula is C15H20F3NO2. The molecule has 3 nitrogen and oxygen atoms in total. The summed E-state index contributed by atoms with van der Waals surface area (Å²) in [5.74, 6) is -3.76. The third-order valence-corrected chi connectivity index (χ3v) is 3.52. The van der Waals surface area contributed by atoms with Crippen LogP contribution in [0.4, 0.5) is 13.2 Å². The first-order valence-corrected chi connectivity index (χ1v) is 7.15. The molecule has 1 fully saturated rings. The second-order valence-electron chi connectivity index (χ2n) is 5.18. The molecule has 2 rings (SSSR count). The highest BCUT2D eigenvalue weighted by atomic mass is 19.2. The van der Waals surface area contributed by atoms with Gasteiger partial charge >= 0.3 is 0 Å². The van der Waals surface area contributed by atoms with Gasteiger partial charge in [0, 0.05) is 19.3 Å². The summed E-state index contributed by atoms with van der Waals surface area (Å²) >= 11 is 0. The Balaban J connectivity index is 1.70. The van der Waals surface area contributed by atoms with Gasteiger partial charge in [-0.25, -0.2) is 13.2 Å². The van der Waals surface area contributed by atoms with E-state index >= 15 is 0 Å². The van der Waals surface area contributed by atoms with Crippen LogP contribution in [0.3, 0.4) is 0 Å². The van der Waals surface area contributed by atoms with Gasteiger partial charge in [-0.3, -0.25) is 0 Å². The zero-order valence-electron chi connectivity index (χ0n) is 12.0. The highest BCUT2D eigenvalue weighted by Crippen LogP contribution is 2.19. The summed E-state index contributed by atoms with van der Waals surface area (Å²) in [5, 5.41) is 3.13. The fourth-order valence-electron chi connectivity index (χ4n) is 2.23. The molecule has 2 atom stereocenters. The summed E-state index contributed by atoms with van der Waals surface area (Å²) in [6, 6.07) is 1.77. The molecule has 6 heteroatoms. The molecule has 1 N–H and O–H groups in total. The van der Waals surface area contributed by atoms with Crippen LogP contribution in [0.25, 0.3) is 0 Å². The minimum Gasteiger partial charge on any atom is -0.379 e. The number of hydrogen-bond acceptors (Lipinski definition) is 3. The van der Waals surface area contributed by atoms with Crippen molar-refractivity contribution in [3.8, 4) is 0 Å². The van der Waals surface area contributed by atoms with Gasteiger partial charge in [0.1, 0.15) is 0 Å². The van der Waals surface area contributed by atoms with E-state index in [9.17, 15) is 13.2 Å². The molecule has 0 bridgehead atoms. The maximum Gasteiger partial charge on any atom is 0.194 e. The average molecular weight is 303 g/mol. The third kappa shape index (κ3) is 4.69. The fraction of sp³-hybridized carbons (Fsp3) is 0.600. The number of benzene rings is 1. The maximum atomic E-state index is 13.1. The smallest absolute Gasteiger partial charge is 0.194 e. The Labute approximate surface area is 122 Å². The topological polar surface area (TPSA) is 30.5 Å². The molecule has 1 heterocycles. The van der Waals surface area contributed by atoms with Crippen molar-refractivity contribution in [3.05, 3.63) is 35.1 Å². The first-order valence-electron chi connectivity index (χ1n) is 7.15. The third-order valence-electron chi connectivity index (χ3n) is 3.52. The first-order chi connectivity index (χ1) is 10.1. The summed E-state index contributed by atoms with van der Waals surface area (Å²) in [6.45, 7) is 4.44. The maximum absolute atomic E-state index is 13.1. The van der Waals surface area contributed by atoms with Gasteiger partial charge < -0.3 is 14.8 Å². The van der Waals surface area contributed by atoms with Crippen LogP contribution in [0, 0.1) is 17.5 Å². The highest BCUT2D eigenvalue weighted by Gasteiger charge is 2.16. The Morgan fingerprint density at radius 1 is 1.33 bits per heavy atom. The van der Waals surface area contributed by atoms with Crippen molar-refractivity contribution in [2.75, 3.05) is 26.4 Å². The molecule has 0 unspecified atom stereocenters. The van der Waals surface area contributed by atoms with Crippen LogP contribution in [-0.4, -0.2) is 32.5 Å². The van der Waals surface area contributed by atoms with Crippen LogP contribution in [0.2, 0.25) is 0 Å². The average Bonchev–Trinajstić information content (AvgIpc) is 2.96. The van der Waals surface area contributed by atoms with Crippen molar-refractivity contribution in [1.29, 1.82) is 0 Å². The Morgan fingerprint density at radius 2 is 2.05 bits per heavy atom. The summed E-state index contributed by atoms with van der Waals surface area (Å²) in [4.78, 5) is 0. The highest BCUT2D eigenvalue weighted by molar-refractivity contribution is 5.22. The molecule has 1 aliphatic heterocycles. The zero-order chi connectivity index (χ0) is 15.2. The monoisotopic (exact) mass is 303 g/mol. The van der Waals surface area contributed by atoms with Gasteiger partial charge in [0.2, 0.25) is 0 Å². The Morgan fingerprint density at radius 3 is 2.67 bits per heavy atom. The Kier molecular flexibility index (Phi) is 6.02. The van der Waals surface area contributed by atoms with Crippen LogP contribution in [-0.2, 0) is 9.47 Å². The Hall–Kier alpha value is -1.11. The largest absolute Gasteiger partial charge is 0.379 e. The number of halogens is 3. The van der Waals surface area contributed by atoms with E-state index in [1.54, 1.807) is 6.92 Å². The standard InChI is InChI=1S/C15H20F3NO2/c1-10(11-7-13(16)15(18)14(17)8-11)19-4-2-5-21-12-3-6-20-9-12/h7-8,10,12,19H,2-6,9H2,1H3/t10-,12+/m0/s1. The van der Waals surface area contributed by atoms with Gasteiger partial charge in [-0.2, -0.15) is 0 Å². The lowest BCUT2D eigenvalue weighted by Crippen LogP contribution is -2.22. The summed E-state index contributed by atoms with van der Waals surface area (Å²) in [6.07, 6.45) is 1.90. The quantitative estimate of drug-likeness (QED) is 0.620. The van der Waals surface area contributed by atoms with Crippen molar-refractivity contribution in [1.82, 2.24) is 5.32 Å². The van der Waals surface area contributed by atoms with Crippen molar-refractivity contribution in [2.24, 2.45) is 0 Å². The summed E-state index contributed by atoms with van der Waals surface area (Å²) in [7, 11) is 0. The first kappa shape index (κ1) is 16.3. The van der Waals surface area contributed by atoms with Crippen LogP contribution >= 0.6 is 0 Å². The molecule has 1 saturated heterocycles. The normalized spacial score (nSPS) is 19.9. The predicted molar refractivity (Wildman–Crippen MR) is 72.5 cm³/mol. The van der Waals surface area contributed by atoms with Crippen LogP contribution in [0.15, 0.2) is 12.1 Å². The molecule has 1 aromatic carbocycles. The molecule has 1 aromatic rings. The molecule has 118 valence electrons. The number of rotatable bonds is 7. The van der Waals surface area contributed by atoms with E-state index in [0.717, 1.165) is 31.6 Å². The molecule has 0 radical (unpaired) electrons. The van der Waals surface area contributed by atoms with Crippen molar-refractivity contribution < 1.29 is 22.6 Å². The zero-order valence-corrected chi connectivity index (χ0v) is 12.0. The molecule has 0 spiro atoms. The molecule has 1 aliphatic rings. The second kappa shape index (κ2) is 7.77. The van der Waals surface area contributed by atoms with Crippen molar-refractivity contribution in [2.45, 2.75) is 31.9 Å². The fourth-order valence-corrected chi connectivity index (χ4v) is 2.23. The minimum absolute atomic E-state index is 0.183. The van der Waals surface area contributed by atoms with E-state index in [4.69, 9.17) is 9.47 Å². The molecule has 0 amide bonds. The van der Waals surface area contributed by atoms with E-state index in [0.29, 0.717) is 25.3 Å². The molecule has 21 heavy (non-hydrogen) atoms. The lowest BCUT2D eigenvalue weighted by atomic mass is 10.1. The van der Waals surface area contributed by atoms with E-state index in [1.165, 1.54) is 0 Å². The summed E-state index contributed by atoms with van der Waals surface area (Å²) in [5.41, 5.74) is 0.386. The van der Waals surface area contributed by atoms with Gasteiger partial charge in [-0.05, 0) is 44.0 Å². The van der Waals surface area contributed by atoms with Gasteiger partial charge in [0.15, 0.2) is 17.5 Å². The predicted octanol–water partition coefficient (Wildman–Crippen LogP) is 2.95. The molecule has 0 saturated carbocycles. The lowest BCUT2D eigenvalue weighted by Gasteiger charge is -2.15. The molecule has 0 aliphatic carbocycles. The Bertz CT molecular complexity index is 441. The van der Waals surface area contributed by atoms with Crippen molar-refractivity contribution in [3.63, 3.8) is 0 Å². The minimum atomic E-state index is -1.43. The van der Waals surface area contributed by atoms with E-state index < -0.39 is 17.5 Å².